The van der Waals surface area contributed by atoms with Gasteiger partial charge in [-0.1, -0.05) is 6.07 Å². The number of carboxylic acid groups (broad SMARTS) is 1. The number of carboxylic acids is 1. The van der Waals surface area contributed by atoms with Crippen LogP contribution in [0.4, 0.5) is 5.69 Å². The zero-order valence-electron chi connectivity index (χ0n) is 12.4. The van der Waals surface area contributed by atoms with Gasteiger partial charge in [-0.05, 0) is 37.5 Å². The summed E-state index contributed by atoms with van der Waals surface area (Å²) in [7, 11) is 0. The Morgan fingerprint density at radius 3 is 2.55 bits per heavy atom. The van der Waals surface area contributed by atoms with Crippen LogP contribution in [-0.2, 0) is 9.59 Å². The Labute approximate surface area is 129 Å². The van der Waals surface area contributed by atoms with Crippen LogP contribution in [0.5, 0.6) is 0 Å². The first-order valence-electron chi connectivity index (χ1n) is 7.47. The Morgan fingerprint density at radius 2 is 1.86 bits per heavy atom. The van der Waals surface area contributed by atoms with Crippen molar-refractivity contribution in [1.29, 1.82) is 0 Å². The lowest BCUT2D eigenvalue weighted by Gasteiger charge is -2.15. The minimum absolute atomic E-state index is 0.0144. The number of amides is 2. The van der Waals surface area contributed by atoms with E-state index in [4.69, 9.17) is 5.11 Å². The highest BCUT2D eigenvalue weighted by Gasteiger charge is 2.19. The summed E-state index contributed by atoms with van der Waals surface area (Å²) >= 11 is 0. The van der Waals surface area contributed by atoms with Gasteiger partial charge in [-0.2, -0.15) is 0 Å². The number of nitrogens with one attached hydrogen (secondary N) is 1. The highest BCUT2D eigenvalue weighted by molar-refractivity contribution is 5.97. The lowest BCUT2D eigenvalue weighted by Crippen LogP contribution is -2.27. The van der Waals surface area contributed by atoms with E-state index in [-0.39, 0.29) is 24.7 Å². The van der Waals surface area contributed by atoms with Gasteiger partial charge in [0.1, 0.15) is 0 Å². The summed E-state index contributed by atoms with van der Waals surface area (Å²) in [5, 5.41) is 11.2. The normalized spacial score (nSPS) is 13.9. The molecule has 0 saturated carbocycles. The third kappa shape index (κ3) is 4.58. The first kappa shape index (κ1) is 16.0. The molecule has 1 aromatic carbocycles. The maximum absolute atomic E-state index is 12.3. The molecule has 2 amide bonds. The van der Waals surface area contributed by atoms with Gasteiger partial charge in [-0.3, -0.25) is 14.4 Å². The molecule has 2 N–H and O–H groups in total. The maximum Gasteiger partial charge on any atom is 0.303 e. The van der Waals surface area contributed by atoms with Gasteiger partial charge in [0.05, 0.1) is 0 Å². The molecule has 0 bridgehead atoms. The number of aliphatic carboxylic acids is 1. The van der Waals surface area contributed by atoms with Gasteiger partial charge >= 0.3 is 5.97 Å². The van der Waals surface area contributed by atoms with Crippen molar-refractivity contribution in [3.63, 3.8) is 0 Å². The number of benzene rings is 1. The average molecular weight is 304 g/mol. The van der Waals surface area contributed by atoms with Crippen molar-refractivity contribution < 1.29 is 19.5 Å². The van der Waals surface area contributed by atoms with Crippen molar-refractivity contribution in [2.45, 2.75) is 32.1 Å². The van der Waals surface area contributed by atoms with Gasteiger partial charge in [-0.25, -0.2) is 0 Å². The van der Waals surface area contributed by atoms with Crippen molar-refractivity contribution in [2.24, 2.45) is 0 Å². The van der Waals surface area contributed by atoms with Gasteiger partial charge in [0.25, 0.3) is 5.91 Å². The van der Waals surface area contributed by atoms with Gasteiger partial charge < -0.3 is 15.3 Å². The number of carbonyl (C=O) groups is 3. The fraction of sp³-hybridized carbons (Fsp3) is 0.438. The summed E-state index contributed by atoms with van der Waals surface area (Å²) in [5.41, 5.74) is 1.12. The van der Waals surface area contributed by atoms with E-state index < -0.39 is 5.97 Å². The highest BCUT2D eigenvalue weighted by atomic mass is 16.4. The smallest absolute Gasteiger partial charge is 0.303 e. The topological polar surface area (TPSA) is 86.7 Å². The Hall–Kier alpha value is -2.37. The number of nitrogens with zero attached hydrogens (tertiary/aromatic N) is 1. The van der Waals surface area contributed by atoms with Crippen LogP contribution < -0.4 is 5.32 Å². The second-order valence-corrected chi connectivity index (χ2v) is 5.38. The molecule has 0 atom stereocenters. The van der Waals surface area contributed by atoms with Crippen LogP contribution >= 0.6 is 0 Å². The van der Waals surface area contributed by atoms with E-state index in [1.807, 2.05) is 4.90 Å². The number of likely N-dealkylation sites (tertiary alicyclic amines) is 1. The van der Waals surface area contributed by atoms with E-state index in [1.165, 1.54) is 0 Å². The molecule has 6 heteroatoms. The third-order valence-electron chi connectivity index (χ3n) is 3.58. The summed E-state index contributed by atoms with van der Waals surface area (Å²) < 4.78 is 0. The maximum atomic E-state index is 12.3. The number of hydrogen-bond acceptors (Lipinski definition) is 3. The molecule has 0 spiro atoms. The van der Waals surface area contributed by atoms with E-state index in [1.54, 1.807) is 24.3 Å². The molecule has 1 aromatic rings. The Balaban J connectivity index is 1.91. The summed E-state index contributed by atoms with van der Waals surface area (Å²) in [6.45, 7) is 1.56. The van der Waals surface area contributed by atoms with Crippen LogP contribution in [0.25, 0.3) is 0 Å². The Morgan fingerprint density at radius 1 is 1.14 bits per heavy atom. The molecule has 1 heterocycles. The van der Waals surface area contributed by atoms with E-state index in [0.717, 1.165) is 25.9 Å². The lowest BCUT2D eigenvalue weighted by atomic mass is 10.1. The molecule has 1 aliphatic rings. The molecule has 2 rings (SSSR count). The van der Waals surface area contributed by atoms with Gasteiger partial charge in [0.2, 0.25) is 5.91 Å². The fourth-order valence-corrected chi connectivity index (χ4v) is 2.46. The monoisotopic (exact) mass is 304 g/mol. The van der Waals surface area contributed by atoms with Crippen LogP contribution in [0.3, 0.4) is 0 Å². The summed E-state index contributed by atoms with van der Waals surface area (Å²) in [6, 6.07) is 6.85. The minimum Gasteiger partial charge on any atom is -0.481 e. The molecule has 6 nitrogen and oxygen atoms in total. The van der Waals surface area contributed by atoms with Gasteiger partial charge in [0, 0.05) is 37.2 Å². The lowest BCUT2D eigenvalue weighted by molar-refractivity contribution is -0.137. The molecule has 0 aliphatic carbocycles. The highest BCUT2D eigenvalue weighted by Crippen LogP contribution is 2.16. The van der Waals surface area contributed by atoms with Crippen LogP contribution in [0.15, 0.2) is 24.3 Å². The number of hydrogen-bond donors (Lipinski definition) is 2. The van der Waals surface area contributed by atoms with Crippen molar-refractivity contribution in [3.8, 4) is 0 Å². The Bertz CT molecular complexity index is 565. The van der Waals surface area contributed by atoms with Crippen LogP contribution in [0.1, 0.15) is 42.5 Å². The molecule has 1 saturated heterocycles. The summed E-state index contributed by atoms with van der Waals surface area (Å²) in [5.74, 6) is -1.17. The molecular formula is C16H20N2O4. The van der Waals surface area contributed by atoms with E-state index >= 15 is 0 Å². The SMILES string of the molecule is O=C(O)CCCC(=O)Nc1cccc(C(=O)N2CCCC2)c1. The van der Waals surface area contributed by atoms with Crippen molar-refractivity contribution in [3.05, 3.63) is 29.8 Å². The van der Waals surface area contributed by atoms with Gasteiger partial charge in [-0.15, -0.1) is 0 Å². The second-order valence-electron chi connectivity index (χ2n) is 5.38. The number of rotatable bonds is 6. The first-order valence-corrected chi connectivity index (χ1v) is 7.47. The van der Waals surface area contributed by atoms with Crippen molar-refractivity contribution in [1.82, 2.24) is 4.90 Å². The fourth-order valence-electron chi connectivity index (χ4n) is 2.46. The Kier molecular flexibility index (Phi) is 5.52. The molecule has 0 aromatic heterocycles. The number of carbonyl (C=O) groups excluding carboxylic acids is 2. The molecule has 1 aliphatic heterocycles. The predicted molar refractivity (Wildman–Crippen MR) is 81.7 cm³/mol. The number of anilines is 1. The molecule has 0 radical (unpaired) electrons. The van der Waals surface area contributed by atoms with E-state index in [0.29, 0.717) is 17.7 Å². The largest absolute Gasteiger partial charge is 0.481 e. The van der Waals surface area contributed by atoms with E-state index in [9.17, 15) is 14.4 Å². The first-order chi connectivity index (χ1) is 10.6. The molecular weight excluding hydrogens is 284 g/mol. The molecule has 0 unspecified atom stereocenters. The zero-order chi connectivity index (χ0) is 15.9. The van der Waals surface area contributed by atoms with Crippen LogP contribution in [0, 0.1) is 0 Å². The minimum atomic E-state index is -0.911. The third-order valence-corrected chi connectivity index (χ3v) is 3.58. The molecule has 22 heavy (non-hydrogen) atoms. The standard InChI is InChI=1S/C16H20N2O4/c19-14(7-4-8-15(20)21)17-13-6-3-5-12(11-13)16(22)18-9-1-2-10-18/h3,5-6,11H,1-2,4,7-10H2,(H,17,19)(H,20,21). The summed E-state index contributed by atoms with van der Waals surface area (Å²) in [4.78, 5) is 36.2. The zero-order valence-corrected chi connectivity index (χ0v) is 12.4. The van der Waals surface area contributed by atoms with Crippen LogP contribution in [-0.4, -0.2) is 40.9 Å². The predicted octanol–water partition coefficient (Wildman–Crippen LogP) is 2.12. The van der Waals surface area contributed by atoms with Crippen LogP contribution in [0.2, 0.25) is 0 Å². The van der Waals surface area contributed by atoms with Gasteiger partial charge in [0.15, 0.2) is 0 Å². The molecule has 118 valence electrons. The van der Waals surface area contributed by atoms with E-state index in [2.05, 4.69) is 5.32 Å². The van der Waals surface area contributed by atoms with Crippen molar-refractivity contribution >= 4 is 23.5 Å². The summed E-state index contributed by atoms with van der Waals surface area (Å²) in [6.07, 6.45) is 2.49. The van der Waals surface area contributed by atoms with Crippen molar-refractivity contribution in [2.75, 3.05) is 18.4 Å². The average Bonchev–Trinajstić information content (AvgIpc) is 3.00. The quantitative estimate of drug-likeness (QED) is 0.842. The molecule has 1 fully saturated rings. The second kappa shape index (κ2) is 7.59.